The summed E-state index contributed by atoms with van der Waals surface area (Å²) in [5.41, 5.74) is 4.64. The normalized spacial score (nSPS) is 15.6. The van der Waals surface area contributed by atoms with Gasteiger partial charge in [0.05, 0.1) is 18.7 Å². The number of amides is 1. The first-order chi connectivity index (χ1) is 15.1. The minimum Gasteiger partial charge on any atom is -0.325 e. The number of anilines is 1. The number of carbonyl (C=O) groups excluding carboxylic acids is 1. The molecule has 1 aliphatic heterocycles. The molecule has 1 atom stereocenters. The van der Waals surface area contributed by atoms with Crippen LogP contribution in [0.5, 0.6) is 0 Å². The second-order valence-corrected chi connectivity index (χ2v) is 10.4. The summed E-state index contributed by atoms with van der Waals surface area (Å²) in [6.07, 6.45) is 5.97. The molecule has 1 aliphatic rings. The van der Waals surface area contributed by atoms with Crippen LogP contribution in [-0.2, 0) is 0 Å². The first kappa shape index (κ1) is 22.1. The van der Waals surface area contributed by atoms with Crippen LogP contribution in [0.3, 0.4) is 0 Å². The van der Waals surface area contributed by atoms with Crippen molar-refractivity contribution >= 4 is 34.0 Å². The molecule has 4 rings (SSSR count). The summed E-state index contributed by atoms with van der Waals surface area (Å²) in [6.45, 7) is 6.73. The molecule has 0 spiro atoms. The van der Waals surface area contributed by atoms with Gasteiger partial charge < -0.3 is 10.2 Å². The number of hydrogen-bond acceptors (Lipinski definition) is 3. The Morgan fingerprint density at radius 3 is 2.32 bits per heavy atom. The van der Waals surface area contributed by atoms with E-state index < -0.39 is 0 Å². The van der Waals surface area contributed by atoms with Gasteiger partial charge in [0.25, 0.3) is 5.91 Å². The van der Waals surface area contributed by atoms with Crippen LogP contribution in [-0.4, -0.2) is 25.3 Å². The highest BCUT2D eigenvalue weighted by Gasteiger charge is 2.33. The van der Waals surface area contributed by atoms with Crippen LogP contribution in [0.4, 0.5) is 5.00 Å². The van der Waals surface area contributed by atoms with Crippen LogP contribution >= 0.6 is 23.1 Å². The highest BCUT2D eigenvalue weighted by Crippen LogP contribution is 2.39. The number of hydrogen-bond donors (Lipinski definition) is 2. The molecule has 31 heavy (non-hydrogen) atoms. The summed E-state index contributed by atoms with van der Waals surface area (Å²) in [7, 11) is 0. The van der Waals surface area contributed by atoms with Gasteiger partial charge in [-0.05, 0) is 69.2 Å². The van der Waals surface area contributed by atoms with E-state index in [0.717, 1.165) is 5.00 Å². The summed E-state index contributed by atoms with van der Waals surface area (Å²) in [5, 5.41) is 4.26. The summed E-state index contributed by atoms with van der Waals surface area (Å²) in [4.78, 5) is 17.2. The van der Waals surface area contributed by atoms with Gasteiger partial charge in [-0.2, -0.15) is 0 Å². The molecule has 0 aliphatic carbocycles. The van der Waals surface area contributed by atoms with Gasteiger partial charge in [-0.3, -0.25) is 4.79 Å². The van der Waals surface area contributed by atoms with E-state index in [2.05, 4.69) is 49.7 Å². The SMILES string of the molecule is CSc1ccc([C@@H](c2c(NC(=O)c3ccccc3)sc(C)c2C)[NH+]2CCCCC2)cc1. The molecule has 3 aromatic rings. The fourth-order valence-corrected chi connectivity index (χ4v) is 6.05. The van der Waals surface area contributed by atoms with Gasteiger partial charge in [0.2, 0.25) is 0 Å². The van der Waals surface area contributed by atoms with Gasteiger partial charge in [-0.1, -0.05) is 30.3 Å². The van der Waals surface area contributed by atoms with Crippen LogP contribution in [0.2, 0.25) is 0 Å². The Morgan fingerprint density at radius 1 is 1.00 bits per heavy atom. The maximum absolute atomic E-state index is 13.0. The van der Waals surface area contributed by atoms with E-state index >= 15 is 0 Å². The highest BCUT2D eigenvalue weighted by atomic mass is 32.2. The molecular formula is C26H31N2OS2+. The van der Waals surface area contributed by atoms with Crippen molar-refractivity contribution in [3.63, 3.8) is 0 Å². The van der Waals surface area contributed by atoms with Gasteiger partial charge in [0.15, 0.2) is 0 Å². The average molecular weight is 452 g/mol. The molecule has 2 N–H and O–H groups in total. The Morgan fingerprint density at radius 2 is 1.68 bits per heavy atom. The minimum absolute atomic E-state index is 0.0341. The Hall–Kier alpha value is -2.08. The number of benzene rings is 2. The average Bonchev–Trinajstić information content (AvgIpc) is 3.09. The molecular weight excluding hydrogens is 420 g/mol. The Balaban J connectivity index is 1.75. The van der Waals surface area contributed by atoms with Gasteiger partial charge >= 0.3 is 0 Å². The lowest BCUT2D eigenvalue weighted by Crippen LogP contribution is -3.13. The lowest BCUT2D eigenvalue weighted by atomic mass is 9.93. The fraction of sp³-hybridized carbons (Fsp3) is 0.346. The van der Waals surface area contributed by atoms with E-state index in [9.17, 15) is 4.79 Å². The van der Waals surface area contributed by atoms with Crippen LogP contribution < -0.4 is 10.2 Å². The third-order valence-corrected chi connectivity index (χ3v) is 8.22. The summed E-state index contributed by atoms with van der Waals surface area (Å²) in [6, 6.07) is 18.8. The number of quaternary nitrogens is 1. The quantitative estimate of drug-likeness (QED) is 0.486. The number of likely N-dealkylation sites (tertiary alicyclic amines) is 1. The summed E-state index contributed by atoms with van der Waals surface area (Å²) < 4.78 is 0. The highest BCUT2D eigenvalue weighted by molar-refractivity contribution is 7.98. The predicted octanol–water partition coefficient (Wildman–Crippen LogP) is 5.50. The van der Waals surface area contributed by atoms with Crippen LogP contribution in [0.25, 0.3) is 0 Å². The number of rotatable bonds is 6. The number of piperidine rings is 1. The van der Waals surface area contributed by atoms with E-state index in [1.807, 2.05) is 30.3 Å². The zero-order valence-electron chi connectivity index (χ0n) is 18.5. The Kier molecular flexibility index (Phi) is 7.16. The molecule has 5 heteroatoms. The smallest absolute Gasteiger partial charge is 0.256 e. The molecule has 0 unspecified atom stereocenters. The molecule has 1 aromatic heterocycles. The van der Waals surface area contributed by atoms with Crippen molar-refractivity contribution in [3.8, 4) is 0 Å². The van der Waals surface area contributed by atoms with Gasteiger partial charge in [0, 0.05) is 20.9 Å². The fourth-order valence-electron chi connectivity index (χ4n) is 4.55. The molecule has 0 radical (unpaired) electrons. The van der Waals surface area contributed by atoms with Crippen molar-refractivity contribution in [2.45, 2.75) is 44.0 Å². The monoisotopic (exact) mass is 451 g/mol. The number of thioether (sulfide) groups is 1. The lowest BCUT2D eigenvalue weighted by Gasteiger charge is -2.33. The maximum atomic E-state index is 13.0. The summed E-state index contributed by atoms with van der Waals surface area (Å²) >= 11 is 3.48. The Labute approximate surface area is 193 Å². The third kappa shape index (κ3) is 4.89. The largest absolute Gasteiger partial charge is 0.325 e. The van der Waals surface area contributed by atoms with E-state index in [4.69, 9.17) is 0 Å². The molecule has 0 bridgehead atoms. The first-order valence-electron chi connectivity index (χ1n) is 11.0. The maximum Gasteiger partial charge on any atom is 0.256 e. The number of thiophene rings is 1. The van der Waals surface area contributed by atoms with Crippen molar-refractivity contribution < 1.29 is 9.69 Å². The van der Waals surface area contributed by atoms with Gasteiger partial charge in [0.1, 0.15) is 11.0 Å². The van der Waals surface area contributed by atoms with Crippen molar-refractivity contribution in [1.29, 1.82) is 0 Å². The van der Waals surface area contributed by atoms with E-state index in [-0.39, 0.29) is 11.9 Å². The zero-order chi connectivity index (χ0) is 21.8. The van der Waals surface area contributed by atoms with Crippen LogP contribution in [0, 0.1) is 13.8 Å². The second-order valence-electron chi connectivity index (χ2n) is 8.27. The van der Waals surface area contributed by atoms with Crippen molar-refractivity contribution in [3.05, 3.63) is 81.7 Å². The molecule has 2 heterocycles. The van der Waals surface area contributed by atoms with Crippen LogP contribution in [0.15, 0.2) is 59.5 Å². The molecule has 2 aromatic carbocycles. The number of aryl methyl sites for hydroxylation is 1. The van der Waals surface area contributed by atoms with Gasteiger partial charge in [-0.25, -0.2) is 0 Å². The van der Waals surface area contributed by atoms with E-state index in [0.29, 0.717) is 5.56 Å². The Bertz CT molecular complexity index is 1020. The molecule has 1 amide bonds. The standard InChI is InChI=1S/C26H30N2OS2/c1-18-19(2)31-26(27-25(29)21-10-6-4-7-11-21)23(18)24(28-16-8-5-9-17-28)20-12-14-22(30-3)15-13-20/h4,6-7,10-15,24H,5,8-9,16-17H2,1-3H3,(H,27,29)/p+1/t24-/m0/s1. The molecule has 1 fully saturated rings. The van der Waals surface area contributed by atoms with Gasteiger partial charge in [-0.15, -0.1) is 23.1 Å². The lowest BCUT2D eigenvalue weighted by molar-refractivity contribution is -0.930. The van der Waals surface area contributed by atoms with E-state index in [1.54, 1.807) is 28.0 Å². The molecule has 162 valence electrons. The number of nitrogens with one attached hydrogen (secondary N) is 2. The molecule has 3 nitrogen and oxygen atoms in total. The number of carbonyl (C=O) groups is 1. The predicted molar refractivity (Wildman–Crippen MR) is 133 cm³/mol. The first-order valence-corrected chi connectivity index (χ1v) is 13.1. The van der Waals surface area contributed by atoms with Crippen LogP contribution in [0.1, 0.15) is 57.2 Å². The van der Waals surface area contributed by atoms with E-state index in [1.165, 1.54) is 58.8 Å². The topological polar surface area (TPSA) is 33.5 Å². The van der Waals surface area contributed by atoms with Crippen molar-refractivity contribution in [2.75, 3.05) is 24.7 Å². The minimum atomic E-state index is -0.0341. The zero-order valence-corrected chi connectivity index (χ0v) is 20.2. The second kappa shape index (κ2) is 10.0. The molecule has 1 saturated heterocycles. The summed E-state index contributed by atoms with van der Waals surface area (Å²) in [5.74, 6) is -0.0341. The van der Waals surface area contributed by atoms with Crippen molar-refractivity contribution in [1.82, 2.24) is 0 Å². The third-order valence-electron chi connectivity index (χ3n) is 6.34. The molecule has 0 saturated carbocycles. The van der Waals surface area contributed by atoms with Crippen molar-refractivity contribution in [2.24, 2.45) is 0 Å².